The molecular weight excluding hydrogens is 598 g/mol. The first-order chi connectivity index (χ1) is 20.5. The van der Waals surface area contributed by atoms with Crippen molar-refractivity contribution in [3.8, 4) is 55.6 Å². The SMILES string of the molecule is Clc1ccc(-c2c(-c3ccc(Cl)cc3)c(-c3ccc(Cl)cc3)c3c4cccccc-4cc3c2-c2ccc(Cl)cc2)cc1. The second-order valence-electron chi connectivity index (χ2n) is 10.2. The number of rotatable bonds is 4. The van der Waals surface area contributed by atoms with Crippen LogP contribution in [0.15, 0.2) is 133 Å². The summed E-state index contributed by atoms with van der Waals surface area (Å²) in [6.45, 7) is 0. The Bertz CT molecular complexity index is 2020. The minimum Gasteiger partial charge on any atom is -0.0843 e. The van der Waals surface area contributed by atoms with Crippen LogP contribution in [0, 0.1) is 0 Å². The second-order valence-corrected chi connectivity index (χ2v) is 12.0. The van der Waals surface area contributed by atoms with Crippen molar-refractivity contribution < 1.29 is 0 Å². The Hall–Kier alpha value is -3.78. The van der Waals surface area contributed by atoms with Gasteiger partial charge in [-0.15, -0.1) is 0 Å². The van der Waals surface area contributed by atoms with E-state index in [2.05, 4.69) is 84.9 Å². The van der Waals surface area contributed by atoms with E-state index in [-0.39, 0.29) is 0 Å². The minimum atomic E-state index is 0.685. The van der Waals surface area contributed by atoms with Gasteiger partial charge in [-0.2, -0.15) is 0 Å². The molecule has 0 spiro atoms. The summed E-state index contributed by atoms with van der Waals surface area (Å²) >= 11 is 25.6. The average Bonchev–Trinajstić information content (AvgIpc) is 3.19. The zero-order valence-electron chi connectivity index (χ0n) is 22.2. The molecule has 202 valence electrons. The Morgan fingerprint density at radius 3 is 1.17 bits per heavy atom. The Morgan fingerprint density at radius 1 is 0.310 bits per heavy atom. The quantitative estimate of drug-likeness (QED) is 0.184. The lowest BCUT2D eigenvalue weighted by Crippen LogP contribution is -1.96. The summed E-state index contributed by atoms with van der Waals surface area (Å²) < 4.78 is 0. The predicted molar refractivity (Wildman–Crippen MR) is 182 cm³/mol. The van der Waals surface area contributed by atoms with Gasteiger partial charge in [-0.3, -0.25) is 0 Å². The molecule has 5 aromatic rings. The van der Waals surface area contributed by atoms with Gasteiger partial charge in [0.25, 0.3) is 0 Å². The van der Waals surface area contributed by atoms with Gasteiger partial charge < -0.3 is 0 Å². The maximum absolute atomic E-state index is 6.42. The van der Waals surface area contributed by atoms with Crippen LogP contribution in [0.5, 0.6) is 0 Å². The molecule has 0 bridgehead atoms. The number of hydrogen-bond acceptors (Lipinski definition) is 0. The van der Waals surface area contributed by atoms with E-state index >= 15 is 0 Å². The molecule has 0 amide bonds. The fourth-order valence-electron chi connectivity index (χ4n) is 5.90. The Labute approximate surface area is 265 Å². The maximum atomic E-state index is 6.42. The molecule has 0 heterocycles. The summed E-state index contributed by atoms with van der Waals surface area (Å²) in [4.78, 5) is 0. The predicted octanol–water partition coefficient (Wildman–Crippen LogP) is 13.2. The molecule has 2 aliphatic carbocycles. The van der Waals surface area contributed by atoms with Crippen molar-refractivity contribution >= 4 is 57.2 Å². The molecule has 0 aromatic heterocycles. The van der Waals surface area contributed by atoms with Crippen LogP contribution < -0.4 is 0 Å². The van der Waals surface area contributed by atoms with Crippen molar-refractivity contribution in [2.75, 3.05) is 0 Å². The third-order valence-electron chi connectivity index (χ3n) is 7.71. The molecule has 0 atom stereocenters. The van der Waals surface area contributed by atoms with Crippen LogP contribution in [0.2, 0.25) is 20.1 Å². The van der Waals surface area contributed by atoms with E-state index < -0.39 is 0 Å². The van der Waals surface area contributed by atoms with E-state index in [0.29, 0.717) is 20.1 Å². The molecule has 0 saturated heterocycles. The summed E-state index contributed by atoms with van der Waals surface area (Å²) in [6.07, 6.45) is 0. The lowest BCUT2D eigenvalue weighted by atomic mass is 9.79. The van der Waals surface area contributed by atoms with Crippen LogP contribution in [-0.2, 0) is 0 Å². The molecule has 5 aromatic carbocycles. The van der Waals surface area contributed by atoms with E-state index in [1.807, 2.05) is 48.5 Å². The topological polar surface area (TPSA) is 0 Å². The second kappa shape index (κ2) is 11.1. The molecule has 42 heavy (non-hydrogen) atoms. The number of fused-ring (bicyclic) bond motifs is 3. The third kappa shape index (κ3) is 4.85. The lowest BCUT2D eigenvalue weighted by Gasteiger charge is -2.23. The van der Waals surface area contributed by atoms with Crippen molar-refractivity contribution in [2.24, 2.45) is 0 Å². The Balaban J connectivity index is 1.78. The van der Waals surface area contributed by atoms with Crippen molar-refractivity contribution in [1.82, 2.24) is 0 Å². The van der Waals surface area contributed by atoms with Gasteiger partial charge in [0.05, 0.1) is 0 Å². The van der Waals surface area contributed by atoms with Gasteiger partial charge in [0, 0.05) is 20.1 Å². The van der Waals surface area contributed by atoms with Gasteiger partial charge in [-0.25, -0.2) is 0 Å². The van der Waals surface area contributed by atoms with Crippen LogP contribution in [0.3, 0.4) is 0 Å². The first kappa shape index (κ1) is 27.1. The molecule has 4 heteroatoms. The highest BCUT2D eigenvalue weighted by Crippen LogP contribution is 2.54. The van der Waals surface area contributed by atoms with Crippen LogP contribution >= 0.6 is 46.4 Å². The van der Waals surface area contributed by atoms with Crippen molar-refractivity contribution in [1.29, 1.82) is 0 Å². The fourth-order valence-corrected chi connectivity index (χ4v) is 6.40. The number of halogens is 4. The number of benzene rings is 5. The van der Waals surface area contributed by atoms with Crippen molar-refractivity contribution in [2.45, 2.75) is 0 Å². The summed E-state index contributed by atoms with van der Waals surface area (Å²) in [6, 6.07) is 45.3. The highest BCUT2D eigenvalue weighted by atomic mass is 35.5. The highest BCUT2D eigenvalue weighted by molar-refractivity contribution is 6.32. The minimum absolute atomic E-state index is 0.685. The van der Waals surface area contributed by atoms with E-state index in [1.54, 1.807) is 0 Å². The van der Waals surface area contributed by atoms with Gasteiger partial charge in [-0.05, 0) is 121 Å². The van der Waals surface area contributed by atoms with Crippen LogP contribution in [0.25, 0.3) is 66.4 Å². The van der Waals surface area contributed by atoms with Crippen molar-refractivity contribution in [3.63, 3.8) is 0 Å². The van der Waals surface area contributed by atoms with Crippen molar-refractivity contribution in [3.05, 3.63) is 154 Å². The molecule has 2 aliphatic rings. The van der Waals surface area contributed by atoms with Gasteiger partial charge >= 0.3 is 0 Å². The largest absolute Gasteiger partial charge is 0.0843 e. The molecule has 0 radical (unpaired) electrons. The Morgan fingerprint density at radius 2 is 0.690 bits per heavy atom. The van der Waals surface area contributed by atoms with Crippen LogP contribution in [-0.4, -0.2) is 0 Å². The van der Waals surface area contributed by atoms with Gasteiger partial charge in [0.15, 0.2) is 0 Å². The van der Waals surface area contributed by atoms with Gasteiger partial charge in [0.1, 0.15) is 0 Å². The molecule has 0 unspecified atom stereocenters. The standard InChI is InChI=1S/C38H22Cl4/c39-28-14-6-23(7-15-28)34-33-22-27-4-2-1-3-5-32(27)38(33)37(26-12-20-31(42)21-13-26)36(25-10-18-30(41)19-11-25)35(34)24-8-16-29(40)17-9-24/h1-22H. The molecule has 0 fully saturated rings. The van der Waals surface area contributed by atoms with E-state index in [1.165, 1.54) is 10.9 Å². The molecule has 0 nitrogen and oxygen atoms in total. The molecule has 0 N–H and O–H groups in total. The summed E-state index contributed by atoms with van der Waals surface area (Å²) in [5, 5.41) is 5.09. The highest BCUT2D eigenvalue weighted by Gasteiger charge is 2.27. The monoisotopic (exact) mass is 618 g/mol. The van der Waals surface area contributed by atoms with Gasteiger partial charge in [0.2, 0.25) is 0 Å². The molecule has 0 saturated carbocycles. The lowest BCUT2D eigenvalue weighted by molar-refractivity contribution is 1.57. The van der Waals surface area contributed by atoms with Gasteiger partial charge in [-0.1, -0.05) is 125 Å². The zero-order chi connectivity index (χ0) is 28.8. The summed E-state index contributed by atoms with van der Waals surface area (Å²) in [5.74, 6) is 0. The summed E-state index contributed by atoms with van der Waals surface area (Å²) in [5.41, 5.74) is 11.1. The van der Waals surface area contributed by atoms with E-state index in [9.17, 15) is 0 Å². The molecular formula is C38H22Cl4. The Kier molecular flexibility index (Phi) is 7.18. The van der Waals surface area contributed by atoms with E-state index in [0.717, 1.165) is 55.5 Å². The third-order valence-corrected chi connectivity index (χ3v) is 8.72. The average molecular weight is 620 g/mol. The molecule has 7 rings (SSSR count). The summed E-state index contributed by atoms with van der Waals surface area (Å²) in [7, 11) is 0. The normalized spacial score (nSPS) is 11.3. The van der Waals surface area contributed by atoms with Crippen LogP contribution in [0.1, 0.15) is 0 Å². The maximum Gasteiger partial charge on any atom is 0.0406 e. The first-order valence-electron chi connectivity index (χ1n) is 13.5. The van der Waals surface area contributed by atoms with Crippen LogP contribution in [0.4, 0.5) is 0 Å². The smallest absolute Gasteiger partial charge is 0.0406 e. The van der Waals surface area contributed by atoms with E-state index in [4.69, 9.17) is 46.4 Å². The fraction of sp³-hybridized carbons (Fsp3) is 0. The zero-order valence-corrected chi connectivity index (χ0v) is 25.2. The first-order valence-corrected chi connectivity index (χ1v) is 15.0. The molecule has 0 aliphatic heterocycles. The number of hydrogen-bond donors (Lipinski definition) is 0.